The number of anilines is 1. The zero-order valence-electron chi connectivity index (χ0n) is 49.3. The second-order valence-corrected chi connectivity index (χ2v) is 30.9. The lowest BCUT2D eigenvalue weighted by molar-refractivity contribution is -0.141. The molecule has 4 aromatic rings. The highest BCUT2D eigenvalue weighted by molar-refractivity contribution is 6.79. The van der Waals surface area contributed by atoms with Gasteiger partial charge in [-0.05, 0) is 148 Å². The fourth-order valence-electron chi connectivity index (χ4n) is 11.8. The fraction of sp³-hybridized carbons (Fsp3) is 0.508. The average Bonchev–Trinajstić information content (AvgIpc) is 4.03. The van der Waals surface area contributed by atoms with E-state index in [1.54, 1.807) is 86.0 Å². The lowest BCUT2D eigenvalue weighted by Gasteiger charge is -2.36. The van der Waals surface area contributed by atoms with Gasteiger partial charge >= 0.3 is 6.09 Å². The third kappa shape index (κ3) is 14.8. The van der Waals surface area contributed by atoms with Crippen LogP contribution < -0.4 is 32.3 Å². The SMILES string of the molecule is CC(C(=O)NC(Cc1ccc(NC(=O)c2ccc(C(=O)NC3CC(C(O)NC4CCCc5ccccc54)N(C(=O)C(N)C(C)(C)C)C3)cc2)cc1)C(=O)N1C[Si](C)(C)CC1C(=O)NC1CCCc2ccccc21)N(C)C(=O)OC(C)(C)C. The number of aliphatic hydroxyl groups is 1. The van der Waals surface area contributed by atoms with Gasteiger partial charge < -0.3 is 46.6 Å². The van der Waals surface area contributed by atoms with Crippen molar-refractivity contribution in [2.75, 3.05) is 25.1 Å². The van der Waals surface area contributed by atoms with Gasteiger partial charge in [-0.25, -0.2) is 4.79 Å². The number of aliphatic hydroxyl groups excluding tert-OH is 1. The molecule has 82 heavy (non-hydrogen) atoms. The van der Waals surface area contributed by atoms with E-state index in [0.29, 0.717) is 35.4 Å². The first-order valence-corrected chi connectivity index (χ1v) is 32.4. The van der Waals surface area contributed by atoms with Crippen LogP contribution in [-0.2, 0) is 43.2 Å². The maximum absolute atomic E-state index is 15.0. The van der Waals surface area contributed by atoms with E-state index in [4.69, 9.17) is 10.5 Å². The Kier molecular flexibility index (Phi) is 18.9. The van der Waals surface area contributed by atoms with Gasteiger partial charge in [-0.1, -0.05) is 94.5 Å². The molecule has 440 valence electrons. The van der Waals surface area contributed by atoms with Gasteiger partial charge in [0.05, 0.1) is 26.2 Å². The number of amides is 7. The van der Waals surface area contributed by atoms with E-state index in [1.165, 1.54) is 23.1 Å². The molecule has 2 saturated heterocycles. The summed E-state index contributed by atoms with van der Waals surface area (Å²) >= 11 is 0. The standard InChI is InChI=1S/C63H85N9O9Si/c1-38(70(8)61(80)81-63(5,6)7)54(73)69-50(59(78)72-37-82(9,10)36-52(72)58(77)68-49-24-16-20-41-18-12-14-22-47(41)49)33-39-25-31-44(32-26-39)65-55(74)42-27-29-43(30-28-42)56(75)66-45-34-51(71(35-45)60(79)53(64)62(2,3)4)57(76)67-48-23-15-19-40-17-11-13-21-46(40)48/h11-14,17-18,21-22,25-32,38,45,48-53,57,67,76H,15-16,19-20,23-24,33-37,64H2,1-10H3,(H,65,74)(H,66,75)(H,68,77)(H,69,73). The lowest BCUT2D eigenvalue weighted by atomic mass is 9.86. The number of aryl methyl sites for hydroxylation is 2. The molecule has 9 atom stereocenters. The molecule has 0 spiro atoms. The minimum Gasteiger partial charge on any atom is -0.444 e. The number of nitrogens with two attached hydrogens (primary N) is 1. The minimum atomic E-state index is -2.11. The van der Waals surface area contributed by atoms with Gasteiger partial charge in [-0.15, -0.1) is 0 Å². The Morgan fingerprint density at radius 2 is 1.33 bits per heavy atom. The molecular weight excluding hydrogens is 1050 g/mol. The van der Waals surface area contributed by atoms with Crippen molar-refractivity contribution in [3.8, 4) is 0 Å². The van der Waals surface area contributed by atoms with Crippen LogP contribution in [0.4, 0.5) is 10.5 Å². The molecule has 0 bridgehead atoms. The van der Waals surface area contributed by atoms with E-state index < -0.39 is 91.3 Å². The summed E-state index contributed by atoms with van der Waals surface area (Å²) in [4.78, 5) is 102. The van der Waals surface area contributed by atoms with Crippen LogP contribution in [0, 0.1) is 5.41 Å². The van der Waals surface area contributed by atoms with Crippen molar-refractivity contribution >= 4 is 55.3 Å². The molecule has 19 heteroatoms. The summed E-state index contributed by atoms with van der Waals surface area (Å²) in [5.41, 5.74) is 11.5. The molecule has 18 nitrogen and oxygen atoms in total. The van der Waals surface area contributed by atoms with Crippen LogP contribution in [-0.4, -0.2) is 137 Å². The van der Waals surface area contributed by atoms with Crippen molar-refractivity contribution in [3.63, 3.8) is 0 Å². The quantitative estimate of drug-likeness (QED) is 0.0448. The number of nitrogens with one attached hydrogen (secondary N) is 5. The molecule has 8 N–H and O–H groups in total. The smallest absolute Gasteiger partial charge is 0.410 e. The molecule has 0 radical (unpaired) electrons. The third-order valence-corrected chi connectivity index (χ3v) is 19.3. The van der Waals surface area contributed by atoms with Gasteiger partial charge in [-0.3, -0.25) is 39.0 Å². The predicted molar refractivity (Wildman–Crippen MR) is 318 cm³/mol. The van der Waals surface area contributed by atoms with Gasteiger partial charge in [0.25, 0.3) is 11.8 Å². The molecule has 0 saturated carbocycles. The van der Waals surface area contributed by atoms with Crippen molar-refractivity contribution in [2.24, 2.45) is 11.1 Å². The Hall–Kier alpha value is -6.93. The second kappa shape index (κ2) is 25.3. The van der Waals surface area contributed by atoms with Crippen LogP contribution in [0.15, 0.2) is 97.1 Å². The maximum atomic E-state index is 15.0. The molecule has 2 fully saturated rings. The first-order valence-electron chi connectivity index (χ1n) is 29.0. The Bertz CT molecular complexity index is 3000. The number of rotatable bonds is 16. The Labute approximate surface area is 484 Å². The number of nitrogens with zero attached hydrogens (tertiary/aromatic N) is 3. The van der Waals surface area contributed by atoms with Crippen LogP contribution >= 0.6 is 0 Å². The molecule has 9 unspecified atom stereocenters. The number of benzene rings is 4. The number of likely N-dealkylation sites (N-methyl/N-ethyl adjacent to an activating group) is 1. The molecule has 7 amide bonds. The minimum absolute atomic E-state index is 0.0429. The first-order chi connectivity index (χ1) is 38.7. The Morgan fingerprint density at radius 3 is 1.93 bits per heavy atom. The molecule has 4 aliphatic rings. The molecule has 8 rings (SSSR count). The number of ether oxygens (including phenoxy) is 1. The lowest BCUT2D eigenvalue weighted by Crippen LogP contribution is -2.57. The van der Waals surface area contributed by atoms with E-state index in [2.05, 4.69) is 57.9 Å². The predicted octanol–water partition coefficient (Wildman–Crippen LogP) is 6.93. The second-order valence-electron chi connectivity index (χ2n) is 25.8. The number of hydrogen-bond donors (Lipinski definition) is 7. The molecule has 2 aliphatic carbocycles. The topological polar surface area (TPSA) is 245 Å². The van der Waals surface area contributed by atoms with Crippen LogP contribution in [0.1, 0.15) is 141 Å². The molecule has 4 aromatic carbocycles. The van der Waals surface area contributed by atoms with Crippen LogP contribution in [0.5, 0.6) is 0 Å². The monoisotopic (exact) mass is 1140 g/mol. The highest BCUT2D eigenvalue weighted by Gasteiger charge is 2.48. The Morgan fingerprint density at radius 1 is 0.756 bits per heavy atom. The van der Waals surface area contributed by atoms with Crippen molar-refractivity contribution < 1.29 is 43.4 Å². The van der Waals surface area contributed by atoms with E-state index in [-0.39, 0.29) is 42.4 Å². The molecule has 2 heterocycles. The third-order valence-electron chi connectivity index (χ3n) is 16.6. The number of hydrogen-bond acceptors (Lipinski definition) is 11. The number of fused-ring (bicyclic) bond motifs is 2. The summed E-state index contributed by atoms with van der Waals surface area (Å²) in [6.07, 6.45) is 4.39. The number of likely N-dealkylation sites (tertiary alicyclic amines) is 1. The average molecular weight is 1140 g/mol. The summed E-state index contributed by atoms with van der Waals surface area (Å²) in [6.45, 7) is 16.9. The zero-order valence-corrected chi connectivity index (χ0v) is 50.3. The Balaban J connectivity index is 0.925. The molecule has 0 aromatic heterocycles. The van der Waals surface area contributed by atoms with Gasteiger partial charge in [0.2, 0.25) is 23.6 Å². The van der Waals surface area contributed by atoms with E-state index in [0.717, 1.165) is 49.7 Å². The van der Waals surface area contributed by atoms with Crippen LogP contribution in [0.3, 0.4) is 0 Å². The number of carbonyl (C=O) groups excluding carboxylic acids is 7. The highest BCUT2D eigenvalue weighted by atomic mass is 28.3. The largest absolute Gasteiger partial charge is 0.444 e. The van der Waals surface area contributed by atoms with E-state index in [1.807, 2.05) is 51.1 Å². The van der Waals surface area contributed by atoms with E-state index in [9.17, 15) is 38.7 Å². The highest BCUT2D eigenvalue weighted by Crippen LogP contribution is 2.35. The van der Waals surface area contributed by atoms with Gasteiger partial charge in [0.1, 0.15) is 30.0 Å². The summed E-state index contributed by atoms with van der Waals surface area (Å²) in [5, 5.41) is 27.3. The van der Waals surface area contributed by atoms with Gasteiger partial charge in [-0.2, -0.15) is 0 Å². The maximum Gasteiger partial charge on any atom is 0.410 e. The summed E-state index contributed by atoms with van der Waals surface area (Å²) in [5.74, 6) is -2.34. The van der Waals surface area contributed by atoms with Gasteiger partial charge in [0, 0.05) is 55.1 Å². The van der Waals surface area contributed by atoms with E-state index >= 15 is 0 Å². The van der Waals surface area contributed by atoms with Crippen molar-refractivity contribution in [2.45, 2.75) is 179 Å². The fourth-order valence-corrected chi connectivity index (χ4v) is 14.7. The van der Waals surface area contributed by atoms with Crippen LogP contribution in [0.25, 0.3) is 0 Å². The number of carbonyl (C=O) groups is 7. The molecular formula is C63H85N9O9Si. The normalized spacial score (nSPS) is 21.8. The summed E-state index contributed by atoms with van der Waals surface area (Å²) in [6, 6.07) is 24.8. The van der Waals surface area contributed by atoms with Crippen LogP contribution in [0.2, 0.25) is 19.1 Å². The first kappa shape index (κ1) is 61.1. The summed E-state index contributed by atoms with van der Waals surface area (Å²) in [7, 11) is -0.646. The van der Waals surface area contributed by atoms with Gasteiger partial charge in [0.15, 0.2) is 0 Å². The van der Waals surface area contributed by atoms with Crippen molar-refractivity contribution in [3.05, 3.63) is 136 Å². The van der Waals surface area contributed by atoms with Crippen molar-refractivity contribution in [1.82, 2.24) is 36.0 Å². The zero-order chi connectivity index (χ0) is 59.4. The summed E-state index contributed by atoms with van der Waals surface area (Å²) < 4.78 is 5.53. The van der Waals surface area contributed by atoms with Crippen molar-refractivity contribution in [1.29, 1.82) is 0 Å². The molecule has 2 aliphatic heterocycles.